The number of hydrogen-bond donors (Lipinski definition) is 4. The predicted octanol–water partition coefficient (Wildman–Crippen LogP) is -5.67. The molecule has 0 aromatic heterocycles. The van der Waals surface area contributed by atoms with Gasteiger partial charge in [0.25, 0.3) is 0 Å². The van der Waals surface area contributed by atoms with Crippen molar-refractivity contribution in [3.63, 3.8) is 0 Å². The molecule has 0 aromatic carbocycles. The van der Waals surface area contributed by atoms with Crippen LogP contribution in [0, 0.1) is 0 Å². The van der Waals surface area contributed by atoms with Crippen molar-refractivity contribution in [3.05, 3.63) is 0 Å². The van der Waals surface area contributed by atoms with Crippen LogP contribution in [0.2, 0.25) is 0 Å². The normalized spacial score (nSPS) is 7.05. The van der Waals surface area contributed by atoms with Gasteiger partial charge in [-0.1, -0.05) is 0 Å². The molecule has 0 unspecified atom stereocenters. The van der Waals surface area contributed by atoms with E-state index >= 15 is 0 Å². The van der Waals surface area contributed by atoms with E-state index in [0.717, 1.165) is 0 Å². The molecule has 0 amide bonds. The minimum atomic E-state index is -2.74. The van der Waals surface area contributed by atoms with E-state index in [4.69, 9.17) is 20.4 Å². The van der Waals surface area contributed by atoms with E-state index in [1.54, 1.807) is 0 Å². The Labute approximate surface area is 191 Å². The molecule has 0 heterocycles. The summed E-state index contributed by atoms with van der Waals surface area (Å²) in [4.78, 5) is 30.5. The Morgan fingerprint density at radius 2 is 0.950 bits per heavy atom. The van der Waals surface area contributed by atoms with Gasteiger partial charge in [0, 0.05) is 17.1 Å². The summed E-state index contributed by atoms with van der Waals surface area (Å²) in [6, 6.07) is 0. The first-order valence-corrected chi connectivity index (χ1v) is 3.17. The van der Waals surface area contributed by atoms with E-state index in [2.05, 4.69) is 0 Å². The first-order valence-electron chi connectivity index (χ1n) is 3.17. The van der Waals surface area contributed by atoms with Crippen LogP contribution >= 0.6 is 0 Å². The van der Waals surface area contributed by atoms with E-state index < -0.39 is 36.4 Å². The maximum atomic E-state index is 10.3. The van der Waals surface area contributed by atoms with Crippen LogP contribution < -0.4 is 0 Å². The summed E-state index contributed by atoms with van der Waals surface area (Å²) >= 11 is 0. The zero-order valence-electron chi connectivity index (χ0n) is 8.28. The average Bonchev–Trinajstić information content (AvgIpc) is 1.82. The van der Waals surface area contributed by atoms with Crippen molar-refractivity contribution < 1.29 is 68.3 Å². The predicted molar refractivity (Wildman–Crippen MR) is 69.4 cm³/mol. The van der Waals surface area contributed by atoms with E-state index in [0.29, 0.717) is 0 Å². The third-order valence-electron chi connectivity index (χ3n) is 1.29. The summed E-state index contributed by atoms with van der Waals surface area (Å²) in [5.74, 6) is -5.02. The molecule has 0 aliphatic rings. The number of hydrogen-bond acceptors (Lipinski definition) is 4. The maximum absolute atomic E-state index is 10.3. The number of aliphatic carboxylic acids is 3. The molecule has 14 heteroatoms. The molecular formula is C6H17FeNa3O10. The Bertz CT molecular complexity index is 247. The number of carboxylic acid groups (broad SMARTS) is 3. The Morgan fingerprint density at radius 1 is 0.750 bits per heavy atom. The fraction of sp³-hybridized carbons (Fsp3) is 0.500. The molecule has 10 N–H and O–H groups in total. The van der Waals surface area contributed by atoms with E-state index in [1.165, 1.54) is 0 Å². The Balaban J connectivity index is -0.0000000343. The van der Waals surface area contributed by atoms with Gasteiger partial charge in [0.1, 0.15) is 0 Å². The number of carboxylic acids is 3. The van der Waals surface area contributed by atoms with Crippen molar-refractivity contribution in [3.8, 4) is 0 Å². The molecule has 0 saturated carbocycles. The molecule has 112 valence electrons. The molecule has 0 aliphatic carbocycles. The van der Waals surface area contributed by atoms with Crippen LogP contribution in [0.15, 0.2) is 0 Å². The molecule has 20 heavy (non-hydrogen) atoms. The van der Waals surface area contributed by atoms with Gasteiger partial charge >= 0.3 is 107 Å². The van der Waals surface area contributed by atoms with Crippen LogP contribution in [-0.2, 0) is 31.5 Å². The van der Waals surface area contributed by atoms with Gasteiger partial charge in [0.2, 0.25) is 0 Å². The molecule has 0 spiro atoms. The molecule has 0 rings (SSSR count). The summed E-state index contributed by atoms with van der Waals surface area (Å²) < 4.78 is 0. The molecule has 0 saturated heterocycles. The van der Waals surface area contributed by atoms with Gasteiger partial charge in [-0.2, -0.15) is 0 Å². The van der Waals surface area contributed by atoms with E-state index in [-0.39, 0.29) is 122 Å². The summed E-state index contributed by atoms with van der Waals surface area (Å²) in [5, 5.41) is 33.8. The van der Waals surface area contributed by atoms with Crippen LogP contribution in [0.25, 0.3) is 0 Å². The van der Waals surface area contributed by atoms with Crippen molar-refractivity contribution in [1.82, 2.24) is 0 Å². The molecule has 0 aromatic rings. The quantitative estimate of drug-likeness (QED) is 0.341. The van der Waals surface area contributed by atoms with Crippen molar-refractivity contribution in [2.45, 2.75) is 18.4 Å². The second-order valence-corrected chi connectivity index (χ2v) is 2.48. The minimum absolute atomic E-state index is 0. The zero-order chi connectivity index (χ0) is 10.6. The van der Waals surface area contributed by atoms with Gasteiger partial charge < -0.3 is 36.9 Å². The summed E-state index contributed by atoms with van der Waals surface area (Å²) in [5.41, 5.74) is -2.74. The van der Waals surface area contributed by atoms with Crippen LogP contribution in [0.5, 0.6) is 0 Å². The van der Waals surface area contributed by atoms with Gasteiger partial charge in [-0.15, -0.1) is 0 Å². The van der Waals surface area contributed by atoms with Crippen molar-refractivity contribution in [2.24, 2.45) is 0 Å². The van der Waals surface area contributed by atoms with Gasteiger partial charge in [-0.3, -0.25) is 9.59 Å². The second kappa shape index (κ2) is 23.0. The fourth-order valence-electron chi connectivity index (χ4n) is 0.714. The second-order valence-electron chi connectivity index (χ2n) is 2.48. The van der Waals surface area contributed by atoms with Gasteiger partial charge in [-0.25, -0.2) is 4.79 Å². The number of rotatable bonds is 5. The van der Waals surface area contributed by atoms with Crippen molar-refractivity contribution in [2.75, 3.05) is 0 Å². The summed E-state index contributed by atoms with van der Waals surface area (Å²) in [6.07, 6.45) is -2.29. The topological polar surface area (TPSA) is 227 Å². The fourth-order valence-corrected chi connectivity index (χ4v) is 0.714. The zero-order valence-corrected chi connectivity index (χ0v) is 9.39. The Kier molecular flexibility index (Phi) is 57.1. The Hall–Kier alpha value is 1.77. The summed E-state index contributed by atoms with van der Waals surface area (Å²) in [6.45, 7) is 0. The van der Waals surface area contributed by atoms with Crippen LogP contribution in [0.1, 0.15) is 12.8 Å². The molecule has 0 fully saturated rings. The third-order valence-corrected chi connectivity index (χ3v) is 1.29. The number of carbonyl (C=O) groups is 3. The van der Waals surface area contributed by atoms with Gasteiger partial charge in [0.15, 0.2) is 5.60 Å². The van der Waals surface area contributed by atoms with Gasteiger partial charge in [0.05, 0.1) is 12.8 Å². The van der Waals surface area contributed by atoms with Gasteiger partial charge in [-0.05, 0) is 0 Å². The van der Waals surface area contributed by atoms with Crippen LogP contribution in [0.4, 0.5) is 0 Å². The third kappa shape index (κ3) is 22.1. The molecule has 0 bridgehead atoms. The van der Waals surface area contributed by atoms with Crippen LogP contribution in [-0.4, -0.2) is 149 Å². The molecule has 0 atom stereocenters. The van der Waals surface area contributed by atoms with Crippen molar-refractivity contribution >= 4 is 107 Å². The first-order chi connectivity index (χ1) is 5.78. The van der Waals surface area contributed by atoms with E-state index in [1.807, 2.05) is 0 Å². The number of aliphatic hydroxyl groups is 1. The van der Waals surface area contributed by atoms with E-state index in [9.17, 15) is 14.4 Å². The Morgan fingerprint density at radius 3 is 1.05 bits per heavy atom. The molecule has 0 radical (unpaired) electrons. The molecule has 10 nitrogen and oxygen atoms in total. The monoisotopic (exact) mass is 374 g/mol. The van der Waals surface area contributed by atoms with Crippen LogP contribution in [0.3, 0.4) is 0 Å². The standard InChI is InChI=1S/C6H8O7.Fe.3Na.3H2O.3H/c7-3(8)1-6(13,5(11)12)2-4(9)10;;;;;;;;;;/h13H,1-2H2,(H,7,8)(H,9,10)(H,11,12);;;;;3*1H2;;;. The summed E-state index contributed by atoms with van der Waals surface area (Å²) in [7, 11) is 0. The molecule has 0 aliphatic heterocycles. The van der Waals surface area contributed by atoms with Crippen molar-refractivity contribution in [1.29, 1.82) is 0 Å². The molecular weight excluding hydrogens is 357 g/mol. The average molecular weight is 374 g/mol. The first kappa shape index (κ1) is 49.5. The SMILES string of the molecule is O.O.O.O=C(O)CC(O)(CC(=O)O)C(=O)O.[Fe].[NaH].[NaH].[NaH].